The molecule has 0 unspecified atom stereocenters. The average Bonchev–Trinajstić information content (AvgIpc) is 4.53. The molecule has 17 rings (SSSR count). The third-order valence-corrected chi connectivity index (χ3v) is 19.6. The van der Waals surface area contributed by atoms with Gasteiger partial charge in [-0.05, 0) is 140 Å². The summed E-state index contributed by atoms with van der Waals surface area (Å²) in [5.74, 6) is 0. The molecule has 17 aromatic rings. The van der Waals surface area contributed by atoms with Crippen LogP contribution in [0.15, 0.2) is 240 Å². The van der Waals surface area contributed by atoms with Crippen molar-refractivity contribution >= 4 is 130 Å². The Bertz CT molecular complexity index is 5450. The zero-order valence-corrected chi connectivity index (χ0v) is 43.3. The third kappa shape index (κ3) is 6.24. The van der Waals surface area contributed by atoms with Gasteiger partial charge in [0.1, 0.15) is 0 Å². The molecule has 0 bridgehead atoms. The summed E-state index contributed by atoms with van der Waals surface area (Å²) in [5.41, 5.74) is 12.7. The van der Waals surface area contributed by atoms with Crippen LogP contribution in [-0.4, -0.2) is 8.80 Å². The molecule has 358 valence electrons. The van der Waals surface area contributed by atoms with E-state index in [4.69, 9.17) is 0 Å². The molecule has 0 amide bonds. The maximum atomic E-state index is 15.0. The Balaban J connectivity index is 0.744. The van der Waals surface area contributed by atoms with Gasteiger partial charge >= 0.3 is 0 Å². The fraction of sp³-hybridized carbons (Fsp3) is 0. The molecule has 0 aliphatic heterocycles. The summed E-state index contributed by atoms with van der Waals surface area (Å²) in [5, 5.41) is 12.3. The highest BCUT2D eigenvalue weighted by Crippen LogP contribution is 2.46. The monoisotopic (exact) mass is 1030 g/mol. The van der Waals surface area contributed by atoms with E-state index in [-0.39, 0.29) is 11.1 Å². The molecular weight excluding hydrogens is 997 g/mol. The second-order valence-corrected chi connectivity index (χ2v) is 23.5. The predicted molar refractivity (Wildman–Crippen MR) is 330 cm³/mol. The number of pyridine rings is 2. The maximum absolute atomic E-state index is 15.0. The van der Waals surface area contributed by atoms with Crippen LogP contribution in [-0.2, 0) is 0 Å². The average molecular weight is 1040 g/mol. The molecule has 4 nitrogen and oxygen atoms in total. The van der Waals surface area contributed by atoms with Crippen molar-refractivity contribution in [2.24, 2.45) is 0 Å². The third-order valence-electron chi connectivity index (χ3n) is 16.1. The summed E-state index contributed by atoms with van der Waals surface area (Å²) in [6.07, 6.45) is 0. The van der Waals surface area contributed by atoms with Gasteiger partial charge in [-0.3, -0.25) is 18.4 Å². The number of aromatic nitrogens is 2. The van der Waals surface area contributed by atoms with Gasteiger partial charge in [-0.15, -0.1) is 34.0 Å². The number of rotatable bonds is 6. The Kier molecular flexibility index (Phi) is 9.02. The summed E-state index contributed by atoms with van der Waals surface area (Å²) in [7, 11) is 0. The molecule has 77 heavy (non-hydrogen) atoms. The first-order chi connectivity index (χ1) is 38.0. The fourth-order valence-corrected chi connectivity index (χ4v) is 15.6. The lowest BCUT2D eigenvalue weighted by molar-refractivity contribution is 1.21. The number of benzene rings is 10. The Morgan fingerprint density at radius 1 is 0.260 bits per heavy atom. The van der Waals surface area contributed by atoms with E-state index >= 15 is 0 Å². The van der Waals surface area contributed by atoms with Crippen LogP contribution in [0.3, 0.4) is 0 Å². The molecular formula is C70H38N2O2S3. The van der Waals surface area contributed by atoms with Crippen LogP contribution >= 0.6 is 34.0 Å². The van der Waals surface area contributed by atoms with Crippen LogP contribution in [0, 0.1) is 0 Å². The van der Waals surface area contributed by atoms with E-state index in [0.717, 1.165) is 114 Å². The number of hydrogen-bond donors (Lipinski definition) is 0. The minimum absolute atomic E-state index is 0.00723. The molecule has 0 saturated heterocycles. The van der Waals surface area contributed by atoms with Crippen molar-refractivity contribution < 1.29 is 0 Å². The molecule has 7 heteroatoms. The standard InChI is InChI=1S/C70H38N2O2S3/c73-69-51-14-5-4-12-47(51)55-37-45(38-56-53-36-44(23-28-59(53)71(69)67(55)56)62-32-30-60(75-62)40-10-2-1-3-11-40)63-33-31-61(76-63)41-20-18-39(19-21-41)42-22-25-48-50-27-26-46(43-24-29-65-54(35-43)49-13-7-9-17-64(49)77-65)66-52-15-6-8-16-58(52)72(68(50)66)70(74)57(48)34-42/h1-38H. The van der Waals surface area contributed by atoms with Crippen LogP contribution in [0.5, 0.6) is 0 Å². The molecule has 0 spiro atoms. The van der Waals surface area contributed by atoms with E-state index in [2.05, 4.69) is 206 Å². The zero-order chi connectivity index (χ0) is 50.6. The molecule has 7 heterocycles. The van der Waals surface area contributed by atoms with Gasteiger partial charge in [-0.1, -0.05) is 146 Å². The highest BCUT2D eigenvalue weighted by molar-refractivity contribution is 7.25. The van der Waals surface area contributed by atoms with Crippen molar-refractivity contribution in [3.8, 4) is 64.0 Å². The van der Waals surface area contributed by atoms with Crippen LogP contribution in [0.2, 0.25) is 0 Å². The van der Waals surface area contributed by atoms with Crippen LogP contribution in [0.25, 0.3) is 160 Å². The number of fused-ring (bicyclic) bond motifs is 13. The van der Waals surface area contributed by atoms with Crippen molar-refractivity contribution in [2.45, 2.75) is 0 Å². The first-order valence-corrected chi connectivity index (χ1v) is 28.2. The SMILES string of the molecule is O=c1c2ccccc2c2cc(-c3ccc(-c4ccc(-c5ccc6c(c5)c(=O)n5c7ccccc7c7c(-c8ccc9sc%10ccccc%10c9c8)ccc6c75)cc4)s3)cc3c4cc(-c5ccc(-c6ccccc6)s5)ccc4n1c23. The van der Waals surface area contributed by atoms with Crippen LogP contribution < -0.4 is 11.1 Å². The molecule has 7 aromatic heterocycles. The maximum Gasteiger partial charge on any atom is 0.263 e. The van der Waals surface area contributed by atoms with Crippen molar-refractivity contribution in [3.05, 3.63) is 251 Å². The first-order valence-electron chi connectivity index (χ1n) is 25.8. The molecule has 0 saturated carbocycles. The van der Waals surface area contributed by atoms with Crippen molar-refractivity contribution in [3.63, 3.8) is 0 Å². The molecule has 0 fully saturated rings. The second kappa shape index (κ2) is 16.1. The number of para-hydroxylation sites is 1. The highest BCUT2D eigenvalue weighted by Gasteiger charge is 2.23. The van der Waals surface area contributed by atoms with Crippen molar-refractivity contribution in [1.29, 1.82) is 0 Å². The van der Waals surface area contributed by atoms with Crippen LogP contribution in [0.1, 0.15) is 0 Å². The predicted octanol–water partition coefficient (Wildman–Crippen LogP) is 19.2. The molecule has 10 aromatic carbocycles. The van der Waals surface area contributed by atoms with Gasteiger partial charge in [0.05, 0.1) is 22.1 Å². The van der Waals surface area contributed by atoms with Gasteiger partial charge in [0.15, 0.2) is 0 Å². The molecule has 0 N–H and O–H groups in total. The van der Waals surface area contributed by atoms with Gasteiger partial charge in [-0.25, -0.2) is 0 Å². The Morgan fingerprint density at radius 3 is 1.57 bits per heavy atom. The summed E-state index contributed by atoms with van der Waals surface area (Å²) >= 11 is 5.39. The van der Waals surface area contributed by atoms with Crippen molar-refractivity contribution in [2.75, 3.05) is 0 Å². The van der Waals surface area contributed by atoms with E-state index in [1.54, 1.807) is 22.7 Å². The Morgan fingerprint density at radius 2 is 0.766 bits per heavy atom. The van der Waals surface area contributed by atoms with Crippen LogP contribution in [0.4, 0.5) is 0 Å². The number of hydrogen-bond acceptors (Lipinski definition) is 5. The Hall–Kier alpha value is -9.24. The highest BCUT2D eigenvalue weighted by atomic mass is 32.1. The Labute approximate surface area is 451 Å². The zero-order valence-electron chi connectivity index (χ0n) is 40.9. The lowest BCUT2D eigenvalue weighted by Crippen LogP contribution is -2.13. The van der Waals surface area contributed by atoms with E-state index in [0.29, 0.717) is 10.8 Å². The number of nitrogens with zero attached hydrogens (tertiary/aromatic N) is 2. The van der Waals surface area contributed by atoms with Gasteiger partial charge < -0.3 is 0 Å². The second-order valence-electron chi connectivity index (χ2n) is 20.2. The van der Waals surface area contributed by atoms with E-state index in [9.17, 15) is 9.59 Å². The largest absolute Gasteiger partial charge is 0.275 e. The summed E-state index contributed by atoms with van der Waals surface area (Å²) in [4.78, 5) is 34.1. The molecule has 0 aliphatic rings. The summed E-state index contributed by atoms with van der Waals surface area (Å²) in [6.45, 7) is 0. The lowest BCUT2D eigenvalue weighted by Gasteiger charge is -2.11. The first kappa shape index (κ1) is 43.0. The molecule has 0 radical (unpaired) electrons. The summed E-state index contributed by atoms with van der Waals surface area (Å²) < 4.78 is 6.45. The van der Waals surface area contributed by atoms with Gasteiger partial charge in [-0.2, -0.15) is 0 Å². The van der Waals surface area contributed by atoms with Gasteiger partial charge in [0.2, 0.25) is 0 Å². The fourth-order valence-electron chi connectivity index (χ4n) is 12.5. The minimum atomic E-state index is -0.00734. The summed E-state index contributed by atoms with van der Waals surface area (Å²) in [6, 6.07) is 81.9. The molecule has 0 aliphatic carbocycles. The van der Waals surface area contributed by atoms with E-state index in [1.807, 2.05) is 44.4 Å². The van der Waals surface area contributed by atoms with Gasteiger partial charge in [0.25, 0.3) is 11.1 Å². The minimum Gasteiger partial charge on any atom is -0.275 e. The number of thiophene rings is 3. The van der Waals surface area contributed by atoms with E-state index < -0.39 is 0 Å². The quantitative estimate of drug-likeness (QED) is 0.156. The topological polar surface area (TPSA) is 43.0 Å². The van der Waals surface area contributed by atoms with E-state index in [1.165, 1.54) is 35.5 Å². The lowest BCUT2D eigenvalue weighted by atomic mass is 9.94. The van der Waals surface area contributed by atoms with Crippen molar-refractivity contribution in [1.82, 2.24) is 8.80 Å². The smallest absolute Gasteiger partial charge is 0.263 e. The van der Waals surface area contributed by atoms with Gasteiger partial charge in [0, 0.05) is 82.8 Å². The normalized spacial score (nSPS) is 12.3. The molecule has 0 atom stereocenters.